The highest BCUT2D eigenvalue weighted by atomic mass is 16.7. The summed E-state index contributed by atoms with van der Waals surface area (Å²) in [6.07, 6.45) is 1.69. The van der Waals surface area contributed by atoms with Crippen molar-refractivity contribution in [2.24, 2.45) is 5.92 Å². The van der Waals surface area contributed by atoms with Crippen molar-refractivity contribution >= 4 is 6.41 Å². The first-order valence-corrected chi connectivity index (χ1v) is 5.61. The minimum Gasteiger partial charge on any atom is -0.276 e. The molecule has 0 saturated carbocycles. The number of benzene rings is 1. The predicted octanol–water partition coefficient (Wildman–Crippen LogP) is 2.62. The highest BCUT2D eigenvalue weighted by molar-refractivity contribution is 5.44. The zero-order valence-electron chi connectivity index (χ0n) is 9.93. The minimum atomic E-state index is 0.442. The Morgan fingerprint density at radius 1 is 1.31 bits per heavy atom. The number of hydrogen-bond acceptors (Lipinski definition) is 2. The average Bonchev–Trinajstić information content (AvgIpc) is 2.30. The zero-order valence-corrected chi connectivity index (χ0v) is 9.93. The van der Waals surface area contributed by atoms with Crippen LogP contribution in [0, 0.1) is 5.92 Å². The van der Waals surface area contributed by atoms with E-state index in [-0.39, 0.29) is 0 Å². The first-order chi connectivity index (χ1) is 7.72. The van der Waals surface area contributed by atoms with Crippen molar-refractivity contribution in [1.82, 2.24) is 5.06 Å². The van der Waals surface area contributed by atoms with Gasteiger partial charge in [-0.05, 0) is 17.9 Å². The Morgan fingerprint density at radius 2 is 2.00 bits per heavy atom. The Hall–Kier alpha value is -1.35. The smallest absolute Gasteiger partial charge is 0.233 e. The second kappa shape index (κ2) is 7.01. The van der Waals surface area contributed by atoms with Gasteiger partial charge in [0.1, 0.15) is 6.61 Å². The van der Waals surface area contributed by atoms with E-state index in [0.717, 1.165) is 18.4 Å². The van der Waals surface area contributed by atoms with Crippen molar-refractivity contribution in [3.05, 3.63) is 35.9 Å². The Bertz CT molecular complexity index is 298. The van der Waals surface area contributed by atoms with Crippen molar-refractivity contribution < 1.29 is 9.63 Å². The molecule has 1 amide bonds. The lowest BCUT2D eigenvalue weighted by Crippen LogP contribution is -2.24. The fraction of sp³-hybridized carbons (Fsp3) is 0.462. The highest BCUT2D eigenvalue weighted by Gasteiger charge is 2.04. The molecule has 0 fully saturated rings. The second-order valence-electron chi connectivity index (χ2n) is 4.19. The lowest BCUT2D eigenvalue weighted by atomic mass is 10.1. The number of nitrogens with zero attached hydrogens (tertiary/aromatic N) is 1. The molecule has 1 aromatic rings. The molecule has 1 aromatic carbocycles. The van der Waals surface area contributed by atoms with Gasteiger partial charge < -0.3 is 0 Å². The third kappa shape index (κ3) is 4.94. The molecule has 16 heavy (non-hydrogen) atoms. The summed E-state index contributed by atoms with van der Waals surface area (Å²) in [5.74, 6) is 0.572. The standard InChI is InChI=1S/C13H19NO2/c1-12(2)8-9-14(11-15)16-10-13-6-4-3-5-7-13/h3-7,11-12H,8-10H2,1-2H3. The molecule has 0 N–H and O–H groups in total. The van der Waals surface area contributed by atoms with Crippen LogP contribution in [0.5, 0.6) is 0 Å². The lowest BCUT2D eigenvalue weighted by molar-refractivity contribution is -0.178. The molecule has 1 rings (SSSR count). The molecule has 0 atom stereocenters. The van der Waals surface area contributed by atoms with E-state index in [0.29, 0.717) is 19.1 Å². The molecular weight excluding hydrogens is 202 g/mol. The minimum absolute atomic E-state index is 0.442. The molecule has 3 heteroatoms. The number of rotatable bonds is 7. The third-order valence-corrected chi connectivity index (χ3v) is 2.28. The molecule has 0 bridgehead atoms. The van der Waals surface area contributed by atoms with Crippen LogP contribution in [-0.2, 0) is 16.2 Å². The molecule has 0 unspecified atom stereocenters. The Balaban J connectivity index is 2.31. The fourth-order valence-corrected chi connectivity index (χ4v) is 1.26. The van der Waals surface area contributed by atoms with E-state index >= 15 is 0 Å². The Labute approximate surface area is 97.0 Å². The van der Waals surface area contributed by atoms with Crippen molar-refractivity contribution in [3.8, 4) is 0 Å². The van der Waals surface area contributed by atoms with Gasteiger partial charge in [0.15, 0.2) is 0 Å². The fourth-order valence-electron chi connectivity index (χ4n) is 1.26. The summed E-state index contributed by atoms with van der Waals surface area (Å²) in [5.41, 5.74) is 1.07. The van der Waals surface area contributed by atoms with Crippen molar-refractivity contribution in [3.63, 3.8) is 0 Å². The van der Waals surface area contributed by atoms with E-state index in [1.165, 1.54) is 5.06 Å². The molecule has 0 saturated heterocycles. The summed E-state index contributed by atoms with van der Waals surface area (Å²) in [6.45, 7) is 5.34. The molecule has 3 nitrogen and oxygen atoms in total. The molecule has 0 spiro atoms. The maximum absolute atomic E-state index is 10.7. The first-order valence-electron chi connectivity index (χ1n) is 5.61. The number of hydrogen-bond donors (Lipinski definition) is 0. The number of hydroxylamine groups is 2. The molecule has 88 valence electrons. The van der Waals surface area contributed by atoms with E-state index in [2.05, 4.69) is 13.8 Å². The van der Waals surface area contributed by atoms with Gasteiger partial charge >= 0.3 is 0 Å². The van der Waals surface area contributed by atoms with Crippen LogP contribution in [0.25, 0.3) is 0 Å². The van der Waals surface area contributed by atoms with Gasteiger partial charge in [-0.1, -0.05) is 44.2 Å². The van der Waals surface area contributed by atoms with Gasteiger partial charge in [-0.15, -0.1) is 0 Å². The summed E-state index contributed by atoms with van der Waals surface area (Å²) in [4.78, 5) is 16.1. The summed E-state index contributed by atoms with van der Waals surface area (Å²) in [5, 5.41) is 1.37. The molecule has 0 aliphatic rings. The van der Waals surface area contributed by atoms with E-state index in [9.17, 15) is 4.79 Å². The summed E-state index contributed by atoms with van der Waals surface area (Å²) in [7, 11) is 0. The number of carbonyl (C=O) groups is 1. The molecule has 0 aliphatic carbocycles. The average molecular weight is 221 g/mol. The van der Waals surface area contributed by atoms with Gasteiger partial charge in [0.2, 0.25) is 6.41 Å². The molecule has 0 heterocycles. The van der Waals surface area contributed by atoms with Gasteiger partial charge in [0, 0.05) is 6.54 Å². The van der Waals surface area contributed by atoms with Crippen LogP contribution in [0.2, 0.25) is 0 Å². The van der Waals surface area contributed by atoms with E-state index < -0.39 is 0 Å². The van der Waals surface area contributed by atoms with Crippen LogP contribution in [-0.4, -0.2) is 18.0 Å². The highest BCUT2D eigenvalue weighted by Crippen LogP contribution is 2.05. The van der Waals surface area contributed by atoms with Crippen LogP contribution >= 0.6 is 0 Å². The lowest BCUT2D eigenvalue weighted by Gasteiger charge is -2.17. The van der Waals surface area contributed by atoms with Gasteiger partial charge in [0.25, 0.3) is 0 Å². The van der Waals surface area contributed by atoms with Crippen LogP contribution in [0.1, 0.15) is 25.8 Å². The van der Waals surface area contributed by atoms with Crippen molar-refractivity contribution in [1.29, 1.82) is 0 Å². The molecule has 0 aromatic heterocycles. The molecule has 0 aliphatic heterocycles. The first kappa shape index (κ1) is 12.7. The predicted molar refractivity (Wildman–Crippen MR) is 63.5 cm³/mol. The van der Waals surface area contributed by atoms with E-state index in [4.69, 9.17) is 4.84 Å². The summed E-state index contributed by atoms with van der Waals surface area (Å²) >= 11 is 0. The molecular formula is C13H19NO2. The Morgan fingerprint density at radius 3 is 2.56 bits per heavy atom. The number of carbonyl (C=O) groups excluding carboxylic acids is 1. The van der Waals surface area contributed by atoms with Gasteiger partial charge in [0.05, 0.1) is 0 Å². The van der Waals surface area contributed by atoms with Crippen molar-refractivity contribution in [2.75, 3.05) is 6.54 Å². The topological polar surface area (TPSA) is 29.5 Å². The monoisotopic (exact) mass is 221 g/mol. The summed E-state index contributed by atoms with van der Waals surface area (Å²) in [6, 6.07) is 9.83. The quantitative estimate of drug-likeness (QED) is 0.523. The van der Waals surface area contributed by atoms with Crippen LogP contribution in [0.15, 0.2) is 30.3 Å². The maximum Gasteiger partial charge on any atom is 0.233 e. The second-order valence-corrected chi connectivity index (χ2v) is 4.19. The van der Waals surface area contributed by atoms with Crippen LogP contribution < -0.4 is 0 Å². The summed E-state index contributed by atoms with van der Waals surface area (Å²) < 4.78 is 0. The van der Waals surface area contributed by atoms with Crippen molar-refractivity contribution in [2.45, 2.75) is 26.9 Å². The van der Waals surface area contributed by atoms with E-state index in [1.54, 1.807) is 0 Å². The third-order valence-electron chi connectivity index (χ3n) is 2.28. The zero-order chi connectivity index (χ0) is 11.8. The number of amides is 1. The van der Waals surface area contributed by atoms with Gasteiger partial charge in [-0.2, -0.15) is 0 Å². The normalized spacial score (nSPS) is 10.4. The van der Waals surface area contributed by atoms with E-state index in [1.807, 2.05) is 30.3 Å². The Kier molecular flexibility index (Phi) is 5.57. The van der Waals surface area contributed by atoms with Gasteiger partial charge in [-0.3, -0.25) is 9.63 Å². The molecule has 0 radical (unpaired) electrons. The SMILES string of the molecule is CC(C)CCN(C=O)OCc1ccccc1. The van der Waals surface area contributed by atoms with Gasteiger partial charge in [-0.25, -0.2) is 5.06 Å². The van der Waals surface area contributed by atoms with Crippen LogP contribution in [0.3, 0.4) is 0 Å². The maximum atomic E-state index is 10.7. The largest absolute Gasteiger partial charge is 0.276 e. The van der Waals surface area contributed by atoms with Crippen LogP contribution in [0.4, 0.5) is 0 Å².